The van der Waals surface area contributed by atoms with Gasteiger partial charge in [0.2, 0.25) is 0 Å². The second-order valence-corrected chi connectivity index (χ2v) is 7.18. The number of carbonyl (C=O) groups excluding carboxylic acids is 1. The third-order valence-electron chi connectivity index (χ3n) is 5.33. The zero-order chi connectivity index (χ0) is 19.8. The fourth-order valence-electron chi connectivity index (χ4n) is 3.69. The van der Waals surface area contributed by atoms with Gasteiger partial charge in [0, 0.05) is 7.11 Å². The van der Waals surface area contributed by atoms with Crippen LogP contribution in [0.15, 0.2) is 60.7 Å². The van der Waals surface area contributed by atoms with Crippen molar-refractivity contribution < 1.29 is 19.0 Å². The summed E-state index contributed by atoms with van der Waals surface area (Å²) >= 11 is 0. The van der Waals surface area contributed by atoms with Crippen LogP contribution in [0.4, 0.5) is 0 Å². The van der Waals surface area contributed by atoms with Gasteiger partial charge in [0.1, 0.15) is 11.5 Å². The van der Waals surface area contributed by atoms with Crippen molar-refractivity contribution in [2.45, 2.75) is 31.6 Å². The topological polar surface area (TPSA) is 44.8 Å². The molecule has 3 rings (SSSR count). The average molecular weight is 380 g/mol. The molecule has 2 aromatic carbocycles. The van der Waals surface area contributed by atoms with E-state index >= 15 is 0 Å². The third-order valence-corrected chi connectivity index (χ3v) is 5.33. The minimum atomic E-state index is -0.344. The van der Waals surface area contributed by atoms with E-state index in [-0.39, 0.29) is 5.97 Å². The highest BCUT2D eigenvalue weighted by molar-refractivity contribution is 5.91. The van der Waals surface area contributed by atoms with Gasteiger partial charge in [-0.25, -0.2) is 4.79 Å². The van der Waals surface area contributed by atoms with Gasteiger partial charge in [-0.3, -0.25) is 0 Å². The van der Waals surface area contributed by atoms with Crippen molar-refractivity contribution >= 4 is 5.97 Å². The number of hydrogen-bond acceptors (Lipinski definition) is 4. The Morgan fingerprint density at radius 3 is 2.18 bits per heavy atom. The van der Waals surface area contributed by atoms with Crippen LogP contribution in [-0.4, -0.2) is 26.8 Å². The van der Waals surface area contributed by atoms with Gasteiger partial charge in [-0.2, -0.15) is 0 Å². The molecule has 4 nitrogen and oxygen atoms in total. The molecule has 1 aliphatic carbocycles. The Bertz CT molecular complexity index is 769. The van der Waals surface area contributed by atoms with Crippen molar-refractivity contribution in [3.05, 3.63) is 71.8 Å². The van der Waals surface area contributed by atoms with E-state index in [1.54, 1.807) is 38.5 Å². The lowest BCUT2D eigenvalue weighted by atomic mass is 9.78. The van der Waals surface area contributed by atoms with Gasteiger partial charge >= 0.3 is 5.97 Å². The van der Waals surface area contributed by atoms with Crippen LogP contribution < -0.4 is 9.47 Å². The second kappa shape index (κ2) is 10.1. The zero-order valence-electron chi connectivity index (χ0n) is 16.6. The first-order chi connectivity index (χ1) is 13.7. The van der Waals surface area contributed by atoms with Crippen LogP contribution in [0.1, 0.15) is 47.5 Å². The Morgan fingerprint density at radius 1 is 0.929 bits per heavy atom. The first-order valence-electron chi connectivity index (χ1n) is 9.81. The molecule has 0 spiro atoms. The third kappa shape index (κ3) is 5.46. The van der Waals surface area contributed by atoms with E-state index in [1.165, 1.54) is 31.2 Å². The summed E-state index contributed by atoms with van der Waals surface area (Å²) in [7, 11) is 3.32. The maximum atomic E-state index is 12.4. The maximum Gasteiger partial charge on any atom is 0.343 e. The summed E-state index contributed by atoms with van der Waals surface area (Å²) in [5.74, 6) is 2.12. The van der Waals surface area contributed by atoms with Gasteiger partial charge in [-0.1, -0.05) is 24.3 Å². The lowest BCUT2D eigenvalue weighted by Crippen LogP contribution is -2.12. The van der Waals surface area contributed by atoms with Crippen molar-refractivity contribution in [1.29, 1.82) is 0 Å². The highest BCUT2D eigenvalue weighted by Gasteiger charge is 2.21. The molecule has 4 heteroatoms. The largest absolute Gasteiger partial charge is 0.497 e. The molecule has 0 heterocycles. The van der Waals surface area contributed by atoms with Crippen LogP contribution in [0.2, 0.25) is 0 Å². The molecule has 0 saturated heterocycles. The SMILES string of the molecule is COC/C=C/[C@H]1CC[C@H](c2ccc(C(=O)Oc3ccc(OC)cc3)cc2)CC1. The van der Waals surface area contributed by atoms with Gasteiger partial charge in [-0.05, 0) is 79.5 Å². The van der Waals surface area contributed by atoms with Crippen LogP contribution in [0.25, 0.3) is 0 Å². The normalized spacial score (nSPS) is 19.5. The Labute approximate surface area is 167 Å². The summed E-state index contributed by atoms with van der Waals surface area (Å²) in [4.78, 5) is 12.4. The van der Waals surface area contributed by atoms with E-state index in [4.69, 9.17) is 14.2 Å². The zero-order valence-corrected chi connectivity index (χ0v) is 16.6. The number of esters is 1. The van der Waals surface area contributed by atoms with E-state index in [0.29, 0.717) is 29.8 Å². The molecule has 1 aliphatic rings. The predicted octanol–water partition coefficient (Wildman–Crippen LogP) is 5.39. The maximum absolute atomic E-state index is 12.4. The summed E-state index contributed by atoms with van der Waals surface area (Å²) < 4.78 is 15.6. The number of rotatable bonds is 7. The standard InChI is InChI=1S/C24H28O4/c1-26-17-3-4-18-5-7-19(8-6-18)20-9-11-21(12-10-20)24(25)28-23-15-13-22(27-2)14-16-23/h3-4,9-16,18-19H,5-8,17H2,1-2H3/b4-3+/t18-,19-. The number of methoxy groups -OCH3 is 2. The Hall–Kier alpha value is -2.59. The van der Waals surface area contributed by atoms with Crippen molar-refractivity contribution in [3.63, 3.8) is 0 Å². The Kier molecular flexibility index (Phi) is 7.26. The molecule has 0 atom stereocenters. The molecule has 0 radical (unpaired) electrons. The van der Waals surface area contributed by atoms with E-state index in [9.17, 15) is 4.79 Å². The number of carbonyl (C=O) groups is 1. The van der Waals surface area contributed by atoms with E-state index in [1.807, 2.05) is 12.1 Å². The number of ether oxygens (including phenoxy) is 3. The highest BCUT2D eigenvalue weighted by Crippen LogP contribution is 2.36. The summed E-state index contributed by atoms with van der Waals surface area (Å²) in [6.45, 7) is 0.689. The fraction of sp³-hybridized carbons (Fsp3) is 0.375. The quantitative estimate of drug-likeness (QED) is 0.367. The molecule has 148 valence electrons. The van der Waals surface area contributed by atoms with Gasteiger partial charge in [-0.15, -0.1) is 0 Å². The minimum absolute atomic E-state index is 0.344. The van der Waals surface area contributed by atoms with E-state index < -0.39 is 0 Å². The molecule has 1 fully saturated rings. The van der Waals surface area contributed by atoms with Crippen LogP contribution in [0.5, 0.6) is 11.5 Å². The summed E-state index contributed by atoms with van der Waals surface area (Å²) in [5, 5.41) is 0. The smallest absolute Gasteiger partial charge is 0.343 e. The van der Waals surface area contributed by atoms with Crippen molar-refractivity contribution in [2.75, 3.05) is 20.8 Å². The van der Waals surface area contributed by atoms with Crippen LogP contribution in [0, 0.1) is 5.92 Å². The molecule has 0 aliphatic heterocycles. The van der Waals surface area contributed by atoms with Crippen molar-refractivity contribution in [1.82, 2.24) is 0 Å². The molecule has 0 amide bonds. The molecule has 2 aromatic rings. The molecule has 0 unspecified atom stereocenters. The lowest BCUT2D eigenvalue weighted by molar-refractivity contribution is 0.0734. The van der Waals surface area contributed by atoms with Crippen molar-refractivity contribution in [2.24, 2.45) is 5.92 Å². The summed E-state index contributed by atoms with van der Waals surface area (Å²) in [5.41, 5.74) is 1.87. The molecule has 1 saturated carbocycles. The van der Waals surface area contributed by atoms with Gasteiger partial charge in [0.05, 0.1) is 19.3 Å². The van der Waals surface area contributed by atoms with Crippen LogP contribution >= 0.6 is 0 Å². The average Bonchev–Trinajstić information content (AvgIpc) is 2.75. The highest BCUT2D eigenvalue weighted by atomic mass is 16.5. The molecule has 0 aromatic heterocycles. The van der Waals surface area contributed by atoms with E-state index in [2.05, 4.69) is 24.3 Å². The first-order valence-corrected chi connectivity index (χ1v) is 9.81. The first kappa shape index (κ1) is 20.2. The number of hydrogen-bond donors (Lipinski definition) is 0. The monoisotopic (exact) mass is 380 g/mol. The molecule has 28 heavy (non-hydrogen) atoms. The minimum Gasteiger partial charge on any atom is -0.497 e. The molecular formula is C24H28O4. The predicted molar refractivity (Wildman–Crippen MR) is 110 cm³/mol. The number of benzene rings is 2. The van der Waals surface area contributed by atoms with E-state index in [0.717, 1.165) is 5.75 Å². The summed E-state index contributed by atoms with van der Waals surface area (Å²) in [6.07, 6.45) is 9.17. The Balaban J connectivity index is 1.53. The molecule has 0 N–H and O–H groups in total. The van der Waals surface area contributed by atoms with Crippen LogP contribution in [-0.2, 0) is 4.74 Å². The Morgan fingerprint density at radius 2 is 1.57 bits per heavy atom. The van der Waals surface area contributed by atoms with Gasteiger partial charge < -0.3 is 14.2 Å². The lowest BCUT2D eigenvalue weighted by Gasteiger charge is -2.27. The van der Waals surface area contributed by atoms with Gasteiger partial charge in [0.15, 0.2) is 0 Å². The molecular weight excluding hydrogens is 352 g/mol. The van der Waals surface area contributed by atoms with Crippen LogP contribution in [0.3, 0.4) is 0 Å². The van der Waals surface area contributed by atoms with Gasteiger partial charge in [0.25, 0.3) is 0 Å². The number of allylic oxidation sites excluding steroid dienone is 1. The molecule has 0 bridgehead atoms. The fourth-order valence-corrected chi connectivity index (χ4v) is 3.69. The summed E-state index contributed by atoms with van der Waals surface area (Å²) in [6, 6.07) is 14.9. The second-order valence-electron chi connectivity index (χ2n) is 7.18. The van der Waals surface area contributed by atoms with Crippen molar-refractivity contribution in [3.8, 4) is 11.5 Å².